The Morgan fingerprint density at radius 2 is 2.30 bits per heavy atom. The maximum Gasteiger partial charge on any atom is 0.242 e. The smallest absolute Gasteiger partial charge is 0.242 e. The molecule has 20 heavy (non-hydrogen) atoms. The van der Waals surface area contributed by atoms with Crippen molar-refractivity contribution in [2.24, 2.45) is 5.73 Å². The maximum atomic E-state index is 13.4. The lowest BCUT2D eigenvalue weighted by molar-refractivity contribution is 0.454. The van der Waals surface area contributed by atoms with E-state index in [0.29, 0.717) is 24.6 Å². The molecule has 0 fully saturated rings. The molecule has 3 rings (SSSR count). The van der Waals surface area contributed by atoms with Crippen LogP contribution in [-0.4, -0.2) is 15.9 Å². The van der Waals surface area contributed by atoms with Crippen LogP contribution in [0.25, 0.3) is 4.96 Å². The third-order valence-corrected chi connectivity index (χ3v) is 3.87. The zero-order valence-electron chi connectivity index (χ0n) is 10.3. The number of benzene rings is 1. The number of rotatable bonds is 4. The van der Waals surface area contributed by atoms with Crippen LogP contribution in [0.5, 0.6) is 11.6 Å². The molecular weight excluding hydrogens is 301 g/mol. The first kappa shape index (κ1) is 13.4. The van der Waals surface area contributed by atoms with Crippen molar-refractivity contribution in [2.45, 2.75) is 6.42 Å². The molecule has 104 valence electrons. The second-order valence-electron chi connectivity index (χ2n) is 4.14. The second-order valence-corrected chi connectivity index (χ2v) is 5.42. The number of ether oxygens (including phenoxy) is 1. The number of thiazole rings is 1. The summed E-state index contributed by atoms with van der Waals surface area (Å²) >= 11 is 7.15. The number of nitrogens with two attached hydrogens (primary N) is 1. The van der Waals surface area contributed by atoms with Crippen molar-refractivity contribution in [2.75, 3.05) is 6.54 Å². The second kappa shape index (κ2) is 5.40. The lowest BCUT2D eigenvalue weighted by Crippen LogP contribution is -2.05. The number of aromatic nitrogens is 2. The van der Waals surface area contributed by atoms with Crippen LogP contribution in [0, 0.1) is 5.82 Å². The highest BCUT2D eigenvalue weighted by molar-refractivity contribution is 7.15. The summed E-state index contributed by atoms with van der Waals surface area (Å²) in [6.07, 6.45) is 2.54. The Bertz CT molecular complexity index is 755. The van der Waals surface area contributed by atoms with Crippen LogP contribution in [-0.2, 0) is 6.42 Å². The van der Waals surface area contributed by atoms with Gasteiger partial charge in [0.15, 0.2) is 4.96 Å². The third-order valence-electron chi connectivity index (χ3n) is 2.81. The van der Waals surface area contributed by atoms with Gasteiger partial charge in [-0.2, -0.15) is 4.98 Å². The van der Waals surface area contributed by atoms with Gasteiger partial charge in [0.1, 0.15) is 11.6 Å². The van der Waals surface area contributed by atoms with Gasteiger partial charge in [0, 0.05) is 24.1 Å². The fourth-order valence-corrected chi connectivity index (χ4v) is 2.75. The van der Waals surface area contributed by atoms with E-state index in [2.05, 4.69) is 4.98 Å². The minimum Gasteiger partial charge on any atom is -0.437 e. The Balaban J connectivity index is 1.98. The summed E-state index contributed by atoms with van der Waals surface area (Å²) in [6.45, 7) is 0.481. The highest BCUT2D eigenvalue weighted by atomic mass is 35.5. The Morgan fingerprint density at radius 1 is 1.45 bits per heavy atom. The largest absolute Gasteiger partial charge is 0.437 e. The molecule has 7 heteroatoms. The van der Waals surface area contributed by atoms with Gasteiger partial charge >= 0.3 is 0 Å². The van der Waals surface area contributed by atoms with Crippen LogP contribution in [0.1, 0.15) is 5.69 Å². The monoisotopic (exact) mass is 311 g/mol. The summed E-state index contributed by atoms with van der Waals surface area (Å²) in [5, 5.41) is 2.00. The van der Waals surface area contributed by atoms with E-state index in [0.717, 1.165) is 10.7 Å². The van der Waals surface area contributed by atoms with E-state index in [1.807, 2.05) is 16.0 Å². The van der Waals surface area contributed by atoms with E-state index in [1.165, 1.54) is 23.5 Å². The van der Waals surface area contributed by atoms with Crippen molar-refractivity contribution >= 4 is 27.9 Å². The molecule has 0 amide bonds. The molecule has 0 aliphatic carbocycles. The van der Waals surface area contributed by atoms with E-state index in [4.69, 9.17) is 22.1 Å². The molecule has 0 saturated carbocycles. The highest BCUT2D eigenvalue weighted by Crippen LogP contribution is 2.29. The molecule has 0 bridgehead atoms. The van der Waals surface area contributed by atoms with Crippen molar-refractivity contribution in [1.29, 1.82) is 0 Å². The molecule has 0 saturated heterocycles. The summed E-state index contributed by atoms with van der Waals surface area (Å²) in [5.74, 6) is 0.283. The normalized spacial score (nSPS) is 11.2. The Hall–Kier alpha value is -1.63. The Labute approximate surface area is 123 Å². The summed E-state index contributed by atoms with van der Waals surface area (Å²) in [5.41, 5.74) is 6.49. The van der Waals surface area contributed by atoms with Gasteiger partial charge in [0.25, 0.3) is 0 Å². The van der Waals surface area contributed by atoms with Crippen molar-refractivity contribution in [3.05, 3.63) is 46.3 Å². The quantitative estimate of drug-likeness (QED) is 0.802. The molecule has 0 aliphatic rings. The van der Waals surface area contributed by atoms with Gasteiger partial charge in [-0.1, -0.05) is 11.6 Å². The molecule has 0 spiro atoms. The molecule has 2 N–H and O–H groups in total. The first-order valence-corrected chi connectivity index (χ1v) is 7.22. The lowest BCUT2D eigenvalue weighted by Gasteiger charge is -2.06. The molecule has 4 nitrogen and oxygen atoms in total. The molecule has 0 unspecified atom stereocenters. The summed E-state index contributed by atoms with van der Waals surface area (Å²) in [7, 11) is 0. The van der Waals surface area contributed by atoms with Gasteiger partial charge in [-0.05, 0) is 18.7 Å². The predicted octanol–water partition coefficient (Wildman–Crippen LogP) is 3.48. The molecule has 0 aliphatic heterocycles. The number of fused-ring (bicyclic) bond motifs is 1. The van der Waals surface area contributed by atoms with Crippen LogP contribution < -0.4 is 10.5 Å². The third kappa shape index (κ3) is 2.37. The van der Waals surface area contributed by atoms with E-state index < -0.39 is 5.82 Å². The van der Waals surface area contributed by atoms with Gasteiger partial charge in [0.05, 0.1) is 10.7 Å². The molecule has 0 radical (unpaired) electrons. The van der Waals surface area contributed by atoms with E-state index in [1.54, 1.807) is 6.07 Å². The van der Waals surface area contributed by atoms with Crippen LogP contribution in [0.4, 0.5) is 4.39 Å². The molecule has 3 aromatic rings. The number of nitrogens with zero attached hydrogens (tertiary/aromatic N) is 2. The van der Waals surface area contributed by atoms with Crippen LogP contribution in [0.2, 0.25) is 5.02 Å². The van der Waals surface area contributed by atoms with E-state index in [-0.39, 0.29) is 5.02 Å². The maximum absolute atomic E-state index is 13.4. The van der Waals surface area contributed by atoms with Crippen molar-refractivity contribution in [3.63, 3.8) is 0 Å². The minimum atomic E-state index is -0.523. The van der Waals surface area contributed by atoms with Gasteiger partial charge in [-0.25, -0.2) is 4.39 Å². The molecule has 2 aromatic heterocycles. The fraction of sp³-hybridized carbons (Fsp3) is 0.154. The minimum absolute atomic E-state index is 0.0605. The van der Waals surface area contributed by atoms with Crippen LogP contribution >= 0.6 is 22.9 Å². The van der Waals surface area contributed by atoms with Gasteiger partial charge in [-0.15, -0.1) is 11.3 Å². The van der Waals surface area contributed by atoms with E-state index >= 15 is 0 Å². The number of hydrogen-bond acceptors (Lipinski definition) is 4. The van der Waals surface area contributed by atoms with E-state index in [9.17, 15) is 4.39 Å². The summed E-state index contributed by atoms with van der Waals surface area (Å²) < 4.78 is 21.0. The number of imidazole rings is 1. The van der Waals surface area contributed by atoms with Gasteiger partial charge in [0.2, 0.25) is 5.88 Å². The average Bonchev–Trinajstić information content (AvgIpc) is 2.98. The standard InChI is InChI=1S/C13H11ClFN3OS/c14-9-2-1-8(7-10(9)15)19-12-11(3-4-16)18-5-6-20-13(18)17-12/h1-2,5-7H,3-4,16H2. The average molecular weight is 312 g/mol. The van der Waals surface area contributed by atoms with Crippen LogP contribution in [0.15, 0.2) is 29.8 Å². The lowest BCUT2D eigenvalue weighted by atomic mass is 10.3. The molecule has 1 aromatic carbocycles. The first-order valence-electron chi connectivity index (χ1n) is 5.96. The predicted molar refractivity (Wildman–Crippen MR) is 77.3 cm³/mol. The SMILES string of the molecule is NCCc1c(Oc2ccc(Cl)c(F)c2)nc2sccn12. The van der Waals surface area contributed by atoms with Crippen molar-refractivity contribution in [1.82, 2.24) is 9.38 Å². The molecule has 0 atom stereocenters. The van der Waals surface area contributed by atoms with Gasteiger partial charge < -0.3 is 10.5 Å². The topological polar surface area (TPSA) is 52.5 Å². The van der Waals surface area contributed by atoms with Crippen LogP contribution in [0.3, 0.4) is 0 Å². The Kier molecular flexibility index (Phi) is 3.60. The molecule has 2 heterocycles. The number of hydrogen-bond donors (Lipinski definition) is 1. The number of halogens is 2. The molecular formula is C13H11ClFN3OS. The summed E-state index contributed by atoms with van der Waals surface area (Å²) in [4.78, 5) is 5.20. The van der Waals surface area contributed by atoms with Crippen molar-refractivity contribution < 1.29 is 9.13 Å². The summed E-state index contributed by atoms with van der Waals surface area (Å²) in [6, 6.07) is 4.29. The fourth-order valence-electron chi connectivity index (χ4n) is 1.91. The highest BCUT2D eigenvalue weighted by Gasteiger charge is 2.15. The first-order chi connectivity index (χ1) is 9.69. The zero-order valence-corrected chi connectivity index (χ0v) is 11.9. The zero-order chi connectivity index (χ0) is 14.1. The Morgan fingerprint density at radius 3 is 3.05 bits per heavy atom. The van der Waals surface area contributed by atoms with Gasteiger partial charge in [-0.3, -0.25) is 4.40 Å². The van der Waals surface area contributed by atoms with Crippen molar-refractivity contribution in [3.8, 4) is 11.6 Å².